The molecule has 0 bridgehead atoms. The number of likely N-dealkylation sites (N-methyl/N-ethyl adjacent to an activating group) is 1. The van der Waals surface area contributed by atoms with E-state index in [1.165, 1.54) is 0 Å². The molecule has 0 aliphatic carbocycles. The lowest BCUT2D eigenvalue weighted by molar-refractivity contribution is -0.115. The van der Waals surface area contributed by atoms with Gasteiger partial charge < -0.3 is 4.90 Å². The molecule has 0 saturated heterocycles. The van der Waals surface area contributed by atoms with Gasteiger partial charge in [0.2, 0.25) is 0 Å². The molecule has 1 aromatic rings. The molecule has 0 aliphatic heterocycles. The second-order valence-electron chi connectivity index (χ2n) is 3.16. The summed E-state index contributed by atoms with van der Waals surface area (Å²) in [4.78, 5) is 12.7. The molecule has 0 unspecified atom stereocenters. The van der Waals surface area contributed by atoms with Crippen molar-refractivity contribution in [2.75, 3.05) is 18.5 Å². The molecule has 0 amide bonds. The molecule has 0 fully saturated rings. The molecule has 0 N–H and O–H groups in total. The van der Waals surface area contributed by atoms with Crippen molar-refractivity contribution in [3.63, 3.8) is 0 Å². The standard InChI is InChI=1S/C10H11Cl2NO/c1-7(14)6-13(2)8-3-4-9(11)10(12)5-8/h3-5H,6H2,1-2H3. The molecule has 0 aliphatic rings. The number of anilines is 1. The van der Waals surface area contributed by atoms with Crippen LogP contribution in [0.25, 0.3) is 0 Å². The third kappa shape index (κ3) is 2.89. The van der Waals surface area contributed by atoms with Crippen molar-refractivity contribution in [1.29, 1.82) is 0 Å². The number of ketones is 1. The number of benzene rings is 1. The highest BCUT2D eigenvalue weighted by Gasteiger charge is 2.05. The highest BCUT2D eigenvalue weighted by Crippen LogP contribution is 2.26. The number of rotatable bonds is 3. The summed E-state index contributed by atoms with van der Waals surface area (Å²) >= 11 is 11.6. The Morgan fingerprint density at radius 3 is 2.50 bits per heavy atom. The Morgan fingerprint density at radius 2 is 2.00 bits per heavy atom. The third-order valence-electron chi connectivity index (χ3n) is 1.80. The van der Waals surface area contributed by atoms with Gasteiger partial charge in [-0.25, -0.2) is 0 Å². The van der Waals surface area contributed by atoms with Crippen LogP contribution < -0.4 is 4.90 Å². The smallest absolute Gasteiger partial charge is 0.149 e. The van der Waals surface area contributed by atoms with Gasteiger partial charge in [-0.2, -0.15) is 0 Å². The molecule has 0 radical (unpaired) electrons. The first-order valence-electron chi connectivity index (χ1n) is 4.16. The molecule has 0 atom stereocenters. The van der Waals surface area contributed by atoms with Crippen LogP contribution in [0.4, 0.5) is 5.69 Å². The molecule has 0 heterocycles. The fourth-order valence-corrected chi connectivity index (χ4v) is 1.44. The largest absolute Gasteiger partial charge is 0.367 e. The zero-order valence-electron chi connectivity index (χ0n) is 8.05. The molecule has 1 aromatic carbocycles. The second-order valence-corrected chi connectivity index (χ2v) is 3.97. The monoisotopic (exact) mass is 231 g/mol. The molecule has 14 heavy (non-hydrogen) atoms. The predicted octanol–water partition coefficient (Wildman–Crippen LogP) is 3.02. The van der Waals surface area contributed by atoms with Crippen LogP contribution in [0.3, 0.4) is 0 Å². The maximum absolute atomic E-state index is 10.9. The normalized spacial score (nSPS) is 10.0. The van der Waals surface area contributed by atoms with E-state index in [9.17, 15) is 4.79 Å². The Bertz CT molecular complexity index is 352. The van der Waals surface area contributed by atoms with Gasteiger partial charge in [-0.3, -0.25) is 4.79 Å². The van der Waals surface area contributed by atoms with Crippen LogP contribution in [0.15, 0.2) is 18.2 Å². The predicted molar refractivity (Wildman–Crippen MR) is 60.4 cm³/mol. The zero-order chi connectivity index (χ0) is 10.7. The van der Waals surface area contributed by atoms with Gasteiger partial charge in [0.25, 0.3) is 0 Å². The maximum atomic E-state index is 10.9. The van der Waals surface area contributed by atoms with Crippen LogP contribution >= 0.6 is 23.2 Å². The summed E-state index contributed by atoms with van der Waals surface area (Å²) < 4.78 is 0. The first kappa shape index (κ1) is 11.3. The fourth-order valence-electron chi connectivity index (χ4n) is 1.15. The van der Waals surface area contributed by atoms with Crippen LogP contribution in [-0.4, -0.2) is 19.4 Å². The first-order chi connectivity index (χ1) is 6.50. The van der Waals surface area contributed by atoms with Crippen molar-refractivity contribution in [3.8, 4) is 0 Å². The Morgan fingerprint density at radius 1 is 1.36 bits per heavy atom. The van der Waals surface area contributed by atoms with E-state index < -0.39 is 0 Å². The molecule has 2 nitrogen and oxygen atoms in total. The number of hydrogen-bond donors (Lipinski definition) is 0. The van der Waals surface area contributed by atoms with Crippen LogP contribution in [-0.2, 0) is 4.79 Å². The molecule has 0 aromatic heterocycles. The van der Waals surface area contributed by atoms with Gasteiger partial charge in [0, 0.05) is 12.7 Å². The molecule has 76 valence electrons. The van der Waals surface area contributed by atoms with Crippen molar-refractivity contribution in [2.45, 2.75) is 6.92 Å². The lowest BCUT2D eigenvalue weighted by atomic mass is 10.3. The molecule has 4 heteroatoms. The molecular weight excluding hydrogens is 221 g/mol. The Labute approximate surface area is 93.4 Å². The number of carbonyl (C=O) groups is 1. The summed E-state index contributed by atoms with van der Waals surface area (Å²) in [5.74, 6) is 0.110. The van der Waals surface area contributed by atoms with Crippen molar-refractivity contribution < 1.29 is 4.79 Å². The van der Waals surface area contributed by atoms with E-state index in [0.717, 1.165) is 5.69 Å². The minimum absolute atomic E-state index is 0.110. The van der Waals surface area contributed by atoms with Crippen molar-refractivity contribution in [1.82, 2.24) is 0 Å². The SMILES string of the molecule is CC(=O)CN(C)c1ccc(Cl)c(Cl)c1. The van der Waals surface area contributed by atoms with Gasteiger partial charge in [0.1, 0.15) is 5.78 Å². The lowest BCUT2D eigenvalue weighted by Gasteiger charge is -2.17. The van der Waals surface area contributed by atoms with Gasteiger partial charge in [0.15, 0.2) is 0 Å². The first-order valence-corrected chi connectivity index (χ1v) is 4.92. The topological polar surface area (TPSA) is 20.3 Å². The number of nitrogens with zero attached hydrogens (tertiary/aromatic N) is 1. The van der Waals surface area contributed by atoms with Crippen LogP contribution in [0.1, 0.15) is 6.92 Å². The van der Waals surface area contributed by atoms with Crippen LogP contribution in [0.5, 0.6) is 0 Å². The van der Waals surface area contributed by atoms with Crippen LogP contribution in [0, 0.1) is 0 Å². The average molecular weight is 232 g/mol. The quantitative estimate of drug-likeness (QED) is 0.798. The minimum atomic E-state index is 0.110. The number of carbonyl (C=O) groups excluding carboxylic acids is 1. The van der Waals surface area contributed by atoms with E-state index in [1.807, 2.05) is 18.0 Å². The highest BCUT2D eigenvalue weighted by molar-refractivity contribution is 6.42. The third-order valence-corrected chi connectivity index (χ3v) is 2.54. The fraction of sp³-hybridized carbons (Fsp3) is 0.300. The van der Waals surface area contributed by atoms with Gasteiger partial charge in [-0.15, -0.1) is 0 Å². The van der Waals surface area contributed by atoms with Crippen molar-refractivity contribution in [2.24, 2.45) is 0 Å². The van der Waals surface area contributed by atoms with Crippen molar-refractivity contribution in [3.05, 3.63) is 28.2 Å². The van der Waals surface area contributed by atoms with E-state index in [2.05, 4.69) is 0 Å². The molecular formula is C10H11Cl2NO. The molecule has 1 rings (SSSR count). The van der Waals surface area contributed by atoms with Gasteiger partial charge in [-0.05, 0) is 25.1 Å². The summed E-state index contributed by atoms with van der Waals surface area (Å²) in [6, 6.07) is 5.29. The van der Waals surface area contributed by atoms with E-state index >= 15 is 0 Å². The lowest BCUT2D eigenvalue weighted by Crippen LogP contribution is -2.23. The van der Waals surface area contributed by atoms with E-state index in [0.29, 0.717) is 16.6 Å². The number of Topliss-reactive ketones (excluding diaryl/α,β-unsaturated/α-hetero) is 1. The molecule has 0 spiro atoms. The average Bonchev–Trinajstić information content (AvgIpc) is 2.08. The number of halogens is 2. The van der Waals surface area contributed by atoms with E-state index in [4.69, 9.17) is 23.2 Å². The van der Waals surface area contributed by atoms with E-state index in [-0.39, 0.29) is 5.78 Å². The Hall–Kier alpha value is -0.730. The Kier molecular flexibility index (Phi) is 3.78. The Balaban J connectivity index is 2.85. The second kappa shape index (κ2) is 4.67. The maximum Gasteiger partial charge on any atom is 0.149 e. The summed E-state index contributed by atoms with van der Waals surface area (Å²) in [6.45, 7) is 1.92. The van der Waals surface area contributed by atoms with Gasteiger partial charge >= 0.3 is 0 Å². The molecule has 0 saturated carbocycles. The summed E-state index contributed by atoms with van der Waals surface area (Å²) in [7, 11) is 1.83. The summed E-state index contributed by atoms with van der Waals surface area (Å²) in [6.07, 6.45) is 0. The zero-order valence-corrected chi connectivity index (χ0v) is 9.56. The van der Waals surface area contributed by atoms with E-state index in [1.54, 1.807) is 19.1 Å². The van der Waals surface area contributed by atoms with Crippen molar-refractivity contribution >= 4 is 34.7 Å². The summed E-state index contributed by atoms with van der Waals surface area (Å²) in [5, 5.41) is 1.02. The van der Waals surface area contributed by atoms with Gasteiger partial charge in [0.05, 0.1) is 16.6 Å². The minimum Gasteiger partial charge on any atom is -0.367 e. The number of hydrogen-bond acceptors (Lipinski definition) is 2. The highest BCUT2D eigenvalue weighted by atomic mass is 35.5. The van der Waals surface area contributed by atoms with Crippen LogP contribution in [0.2, 0.25) is 10.0 Å². The van der Waals surface area contributed by atoms with Gasteiger partial charge in [-0.1, -0.05) is 23.2 Å². The summed E-state index contributed by atoms with van der Waals surface area (Å²) in [5.41, 5.74) is 0.884.